The van der Waals surface area contributed by atoms with E-state index < -0.39 is 5.97 Å². The number of piperidine rings is 1. The summed E-state index contributed by atoms with van der Waals surface area (Å²) in [6.07, 6.45) is 6.25. The van der Waals surface area contributed by atoms with Gasteiger partial charge in [0.25, 0.3) is 0 Å². The van der Waals surface area contributed by atoms with Crippen LogP contribution >= 0.6 is 0 Å². The predicted molar refractivity (Wildman–Crippen MR) is 76.1 cm³/mol. The van der Waals surface area contributed by atoms with Gasteiger partial charge in [-0.3, -0.25) is 4.79 Å². The Morgan fingerprint density at radius 2 is 1.81 bits per heavy atom. The van der Waals surface area contributed by atoms with Crippen molar-refractivity contribution in [3.63, 3.8) is 0 Å². The van der Waals surface area contributed by atoms with Crippen molar-refractivity contribution in [3.05, 3.63) is 0 Å². The molecule has 3 fully saturated rings. The SMILES string of the molecule is O=C(O)CCC1CCCCN1C(=O)N1CC2CCC(C1)O2. The van der Waals surface area contributed by atoms with Crippen molar-refractivity contribution in [1.82, 2.24) is 9.80 Å². The van der Waals surface area contributed by atoms with Crippen molar-refractivity contribution < 1.29 is 19.4 Å². The molecular formula is C15H24N2O4. The normalized spacial score (nSPS) is 32.3. The highest BCUT2D eigenvalue weighted by Gasteiger charge is 2.38. The molecule has 3 unspecified atom stereocenters. The van der Waals surface area contributed by atoms with E-state index in [-0.39, 0.29) is 30.7 Å². The number of urea groups is 1. The van der Waals surface area contributed by atoms with E-state index in [4.69, 9.17) is 9.84 Å². The lowest BCUT2D eigenvalue weighted by Crippen LogP contribution is -2.55. The summed E-state index contributed by atoms with van der Waals surface area (Å²) in [5, 5.41) is 8.87. The number of carbonyl (C=O) groups excluding carboxylic acids is 1. The van der Waals surface area contributed by atoms with E-state index in [0.29, 0.717) is 19.5 Å². The van der Waals surface area contributed by atoms with Crippen molar-refractivity contribution in [2.24, 2.45) is 0 Å². The van der Waals surface area contributed by atoms with Crippen LogP contribution in [-0.4, -0.2) is 64.8 Å². The highest BCUT2D eigenvalue weighted by Crippen LogP contribution is 2.29. The van der Waals surface area contributed by atoms with Crippen molar-refractivity contribution in [2.75, 3.05) is 19.6 Å². The molecule has 0 aromatic carbocycles. The van der Waals surface area contributed by atoms with Crippen LogP contribution in [-0.2, 0) is 9.53 Å². The quantitative estimate of drug-likeness (QED) is 0.860. The van der Waals surface area contributed by atoms with Crippen molar-refractivity contribution >= 4 is 12.0 Å². The molecule has 6 heteroatoms. The van der Waals surface area contributed by atoms with Crippen LogP contribution in [0.4, 0.5) is 4.79 Å². The van der Waals surface area contributed by atoms with Crippen LogP contribution in [0.5, 0.6) is 0 Å². The van der Waals surface area contributed by atoms with Crippen molar-refractivity contribution in [1.29, 1.82) is 0 Å². The minimum atomic E-state index is -0.780. The van der Waals surface area contributed by atoms with Crippen molar-refractivity contribution in [3.8, 4) is 0 Å². The third-order valence-corrected chi connectivity index (χ3v) is 4.88. The minimum Gasteiger partial charge on any atom is -0.481 e. The van der Waals surface area contributed by atoms with Gasteiger partial charge in [0, 0.05) is 32.1 Å². The van der Waals surface area contributed by atoms with Gasteiger partial charge in [-0.25, -0.2) is 4.79 Å². The molecule has 0 radical (unpaired) electrons. The number of carboxylic acid groups (broad SMARTS) is 1. The maximum absolute atomic E-state index is 12.8. The van der Waals surface area contributed by atoms with Gasteiger partial charge in [-0.05, 0) is 38.5 Å². The molecule has 0 aliphatic carbocycles. The molecular weight excluding hydrogens is 272 g/mol. The lowest BCUT2D eigenvalue weighted by molar-refractivity contribution is -0.137. The fourth-order valence-electron chi connectivity index (χ4n) is 3.80. The molecule has 3 heterocycles. The number of likely N-dealkylation sites (tertiary alicyclic amines) is 2. The van der Waals surface area contributed by atoms with E-state index in [2.05, 4.69) is 0 Å². The number of carbonyl (C=O) groups is 2. The molecule has 2 amide bonds. The molecule has 0 aromatic rings. The Morgan fingerprint density at radius 3 is 2.48 bits per heavy atom. The summed E-state index contributed by atoms with van der Waals surface area (Å²) in [6, 6.07) is 0.174. The Kier molecular flexibility index (Phi) is 4.33. The number of amides is 2. The highest BCUT2D eigenvalue weighted by atomic mass is 16.5. The summed E-state index contributed by atoms with van der Waals surface area (Å²) in [7, 11) is 0. The number of aliphatic carboxylic acids is 1. The Hall–Kier alpha value is -1.30. The second-order valence-corrected chi connectivity index (χ2v) is 6.42. The molecule has 3 rings (SSSR count). The van der Waals surface area contributed by atoms with E-state index in [1.54, 1.807) is 0 Å². The first-order valence-electron chi connectivity index (χ1n) is 8.06. The van der Waals surface area contributed by atoms with Gasteiger partial charge in [0.05, 0.1) is 12.2 Å². The predicted octanol–water partition coefficient (Wildman–Crippen LogP) is 1.69. The van der Waals surface area contributed by atoms with Gasteiger partial charge >= 0.3 is 12.0 Å². The third-order valence-electron chi connectivity index (χ3n) is 4.88. The average Bonchev–Trinajstić information content (AvgIpc) is 2.83. The molecule has 1 N–H and O–H groups in total. The molecule has 3 aliphatic rings. The monoisotopic (exact) mass is 296 g/mol. The largest absolute Gasteiger partial charge is 0.481 e. The maximum atomic E-state index is 12.8. The first-order chi connectivity index (χ1) is 10.1. The van der Waals surface area contributed by atoms with Crippen LogP contribution < -0.4 is 0 Å². The molecule has 21 heavy (non-hydrogen) atoms. The zero-order valence-electron chi connectivity index (χ0n) is 12.4. The molecule has 3 aliphatic heterocycles. The number of hydrogen-bond donors (Lipinski definition) is 1. The second-order valence-electron chi connectivity index (χ2n) is 6.42. The molecule has 0 saturated carbocycles. The molecule has 2 bridgehead atoms. The smallest absolute Gasteiger partial charge is 0.320 e. The Balaban J connectivity index is 1.62. The van der Waals surface area contributed by atoms with Crippen LogP contribution in [0.15, 0.2) is 0 Å². The van der Waals surface area contributed by atoms with Gasteiger partial charge in [-0.15, -0.1) is 0 Å². The van der Waals surface area contributed by atoms with Crippen molar-refractivity contribution in [2.45, 2.75) is 63.2 Å². The van der Waals surface area contributed by atoms with E-state index in [0.717, 1.165) is 38.6 Å². The zero-order chi connectivity index (χ0) is 14.8. The summed E-state index contributed by atoms with van der Waals surface area (Å²) < 4.78 is 5.78. The number of morpholine rings is 1. The first kappa shape index (κ1) is 14.6. The summed E-state index contributed by atoms with van der Waals surface area (Å²) in [6.45, 7) is 2.14. The Morgan fingerprint density at radius 1 is 1.10 bits per heavy atom. The lowest BCUT2D eigenvalue weighted by atomic mass is 9.98. The Bertz CT molecular complexity index is 402. The molecule has 118 valence electrons. The van der Waals surface area contributed by atoms with E-state index in [1.165, 1.54) is 0 Å². The molecule has 3 atom stereocenters. The van der Waals surface area contributed by atoms with Crippen LogP contribution in [0, 0.1) is 0 Å². The highest BCUT2D eigenvalue weighted by molar-refractivity contribution is 5.75. The van der Waals surface area contributed by atoms with Gasteiger partial charge in [-0.1, -0.05) is 0 Å². The number of carboxylic acids is 1. The second kappa shape index (κ2) is 6.22. The number of fused-ring (bicyclic) bond motifs is 2. The summed E-state index contributed by atoms with van der Waals surface area (Å²) in [4.78, 5) is 27.4. The van der Waals surface area contributed by atoms with Crippen LogP contribution in [0.3, 0.4) is 0 Å². The first-order valence-corrected chi connectivity index (χ1v) is 8.06. The van der Waals surface area contributed by atoms with E-state index in [9.17, 15) is 9.59 Å². The molecule has 0 aromatic heterocycles. The van der Waals surface area contributed by atoms with Gasteiger partial charge in [0.15, 0.2) is 0 Å². The van der Waals surface area contributed by atoms with Gasteiger partial charge in [-0.2, -0.15) is 0 Å². The fourth-order valence-corrected chi connectivity index (χ4v) is 3.80. The number of nitrogens with zero attached hydrogens (tertiary/aromatic N) is 2. The third kappa shape index (κ3) is 3.31. The summed E-state index contributed by atoms with van der Waals surface area (Å²) in [5.41, 5.74) is 0. The van der Waals surface area contributed by atoms with Gasteiger partial charge < -0.3 is 19.6 Å². The topological polar surface area (TPSA) is 70.1 Å². The zero-order valence-corrected chi connectivity index (χ0v) is 12.4. The number of rotatable bonds is 3. The molecule has 3 saturated heterocycles. The molecule has 0 spiro atoms. The minimum absolute atomic E-state index is 0.0860. The maximum Gasteiger partial charge on any atom is 0.320 e. The lowest BCUT2D eigenvalue weighted by Gasteiger charge is -2.41. The van der Waals surface area contributed by atoms with Gasteiger partial charge in [0.1, 0.15) is 0 Å². The van der Waals surface area contributed by atoms with Crippen LogP contribution in [0.2, 0.25) is 0 Å². The van der Waals surface area contributed by atoms with E-state index in [1.807, 2.05) is 9.80 Å². The van der Waals surface area contributed by atoms with Crippen LogP contribution in [0.1, 0.15) is 44.9 Å². The number of hydrogen-bond acceptors (Lipinski definition) is 3. The van der Waals surface area contributed by atoms with Gasteiger partial charge in [0.2, 0.25) is 0 Å². The summed E-state index contributed by atoms with van der Waals surface area (Å²) in [5.74, 6) is -0.780. The van der Waals surface area contributed by atoms with E-state index >= 15 is 0 Å². The standard InChI is InChI=1S/C15H24N2O4/c18-14(19)7-4-11-3-1-2-8-17(11)15(20)16-9-12-5-6-13(10-16)21-12/h11-13H,1-10H2,(H,18,19). The number of ether oxygens (including phenoxy) is 1. The summed E-state index contributed by atoms with van der Waals surface area (Å²) >= 11 is 0. The molecule has 6 nitrogen and oxygen atoms in total. The Labute approximate surface area is 125 Å². The average molecular weight is 296 g/mol. The fraction of sp³-hybridized carbons (Fsp3) is 0.867. The van der Waals surface area contributed by atoms with Crippen LogP contribution in [0.25, 0.3) is 0 Å².